The quantitative estimate of drug-likeness (QED) is 0.726. The highest BCUT2D eigenvalue weighted by molar-refractivity contribution is 5.99. The van der Waals surface area contributed by atoms with Crippen LogP contribution in [0.1, 0.15) is 43.1 Å². The van der Waals surface area contributed by atoms with Crippen LogP contribution >= 0.6 is 0 Å². The van der Waals surface area contributed by atoms with Crippen LogP contribution in [0.5, 0.6) is 5.75 Å². The van der Waals surface area contributed by atoms with Gasteiger partial charge in [0.2, 0.25) is 0 Å². The van der Waals surface area contributed by atoms with Crippen LogP contribution in [0.15, 0.2) is 41.5 Å². The predicted molar refractivity (Wildman–Crippen MR) is 90.9 cm³/mol. The van der Waals surface area contributed by atoms with Crippen molar-refractivity contribution in [3.63, 3.8) is 0 Å². The van der Waals surface area contributed by atoms with Gasteiger partial charge in [0.15, 0.2) is 5.78 Å². The Morgan fingerprint density at radius 1 is 1.24 bits per heavy atom. The molecule has 0 spiro atoms. The van der Waals surface area contributed by atoms with E-state index in [4.69, 9.17) is 4.74 Å². The van der Waals surface area contributed by atoms with Crippen molar-refractivity contribution in [1.29, 1.82) is 0 Å². The van der Waals surface area contributed by atoms with E-state index < -0.39 is 23.7 Å². The summed E-state index contributed by atoms with van der Waals surface area (Å²) < 4.78 is 5.31. The first-order valence-corrected chi connectivity index (χ1v) is 8.59. The molecule has 3 N–H and O–H groups in total. The Labute approximate surface area is 146 Å². The second kappa shape index (κ2) is 5.53. The molecule has 0 radical (unpaired) electrons. The van der Waals surface area contributed by atoms with Crippen LogP contribution < -0.4 is 4.74 Å². The fourth-order valence-corrected chi connectivity index (χ4v) is 4.64. The molecule has 0 aromatic heterocycles. The molecule has 5 atom stereocenters. The van der Waals surface area contributed by atoms with Crippen molar-refractivity contribution in [2.75, 3.05) is 7.11 Å². The number of hydrogen-bond donors (Lipinski definition) is 3. The van der Waals surface area contributed by atoms with E-state index in [-0.39, 0.29) is 11.7 Å². The average Bonchev–Trinajstić information content (AvgIpc) is 2.59. The summed E-state index contributed by atoms with van der Waals surface area (Å²) in [6.07, 6.45) is 2.02. The number of allylic oxidation sites excluding steroid dienone is 2. The normalized spacial score (nSPS) is 36.6. The molecule has 3 aliphatic rings. The molecule has 0 aliphatic heterocycles. The largest absolute Gasteiger partial charge is 0.496 e. The lowest BCUT2D eigenvalue weighted by Gasteiger charge is -2.49. The molecule has 1 aromatic carbocycles. The number of aliphatic hydroxyl groups is 3. The molecule has 132 valence electrons. The minimum absolute atomic E-state index is 0.0564. The fraction of sp³-hybridized carbons (Fsp3) is 0.450. The summed E-state index contributed by atoms with van der Waals surface area (Å²) in [7, 11) is 1.48. The molecule has 0 heterocycles. The smallest absolute Gasteiger partial charge is 0.159 e. The van der Waals surface area contributed by atoms with Crippen LogP contribution in [0, 0.1) is 11.8 Å². The van der Waals surface area contributed by atoms with E-state index >= 15 is 0 Å². The summed E-state index contributed by atoms with van der Waals surface area (Å²) in [5.74, 6) is -0.283. The van der Waals surface area contributed by atoms with Crippen LogP contribution in [0.2, 0.25) is 0 Å². The van der Waals surface area contributed by atoms with Crippen molar-refractivity contribution < 1.29 is 24.9 Å². The number of rotatable bonds is 1. The standard InChI is InChI=1S/C20H22O5/c1-10-8-11-6-7-20(24)17(15(11)13(21)9-10)18(22)12-4-3-5-14(25-2)16(12)19(20)23/h3-7,10,17-19,22-24H,8-9H2,1-2H3/t10-,17-,18-,19+,20-/m1/s1. The van der Waals surface area contributed by atoms with Crippen molar-refractivity contribution in [3.8, 4) is 5.75 Å². The van der Waals surface area contributed by atoms with E-state index in [1.807, 2.05) is 6.92 Å². The maximum Gasteiger partial charge on any atom is 0.159 e. The summed E-state index contributed by atoms with van der Waals surface area (Å²) in [5, 5.41) is 33.3. The Bertz CT molecular complexity index is 808. The Kier molecular flexibility index (Phi) is 3.65. The summed E-state index contributed by atoms with van der Waals surface area (Å²) in [6, 6.07) is 5.12. The Balaban J connectivity index is 1.93. The monoisotopic (exact) mass is 342 g/mol. The van der Waals surface area contributed by atoms with E-state index in [2.05, 4.69) is 0 Å². The van der Waals surface area contributed by atoms with E-state index in [0.717, 1.165) is 12.0 Å². The number of Topliss-reactive ketones (excluding diaryl/α,β-unsaturated/α-hetero) is 1. The molecule has 5 heteroatoms. The van der Waals surface area contributed by atoms with Gasteiger partial charge in [-0.15, -0.1) is 0 Å². The van der Waals surface area contributed by atoms with E-state index in [1.54, 1.807) is 24.3 Å². The van der Waals surface area contributed by atoms with Gasteiger partial charge in [-0.2, -0.15) is 0 Å². The van der Waals surface area contributed by atoms with Gasteiger partial charge in [0, 0.05) is 17.6 Å². The SMILES string of the molecule is COc1cccc2c1[C@H](O)[C@@]1(O)C=CC3=C(C(=O)C[C@H](C)C3)[C@@H]1[C@@H]2O. The Morgan fingerprint density at radius 3 is 2.72 bits per heavy atom. The number of carbonyl (C=O) groups is 1. The van der Waals surface area contributed by atoms with Crippen molar-refractivity contribution in [3.05, 3.63) is 52.6 Å². The average molecular weight is 342 g/mol. The Morgan fingerprint density at radius 2 is 2.00 bits per heavy atom. The molecule has 25 heavy (non-hydrogen) atoms. The second-order valence-electron chi connectivity index (χ2n) is 7.38. The molecule has 3 aliphatic carbocycles. The number of carbonyl (C=O) groups excluding carboxylic acids is 1. The molecule has 4 rings (SSSR count). The molecule has 0 amide bonds. The molecule has 0 saturated heterocycles. The van der Waals surface area contributed by atoms with Gasteiger partial charge in [0.1, 0.15) is 17.5 Å². The molecule has 0 bridgehead atoms. The Hall–Kier alpha value is -1.95. The van der Waals surface area contributed by atoms with Gasteiger partial charge < -0.3 is 20.1 Å². The van der Waals surface area contributed by atoms with Crippen molar-refractivity contribution in [2.45, 2.75) is 37.6 Å². The molecule has 0 fully saturated rings. The minimum atomic E-state index is -1.74. The first kappa shape index (κ1) is 16.5. The molecule has 0 saturated carbocycles. The maximum atomic E-state index is 12.7. The first-order chi connectivity index (χ1) is 11.9. The van der Waals surface area contributed by atoms with Gasteiger partial charge in [0.25, 0.3) is 0 Å². The third-order valence-corrected chi connectivity index (χ3v) is 5.77. The maximum absolute atomic E-state index is 12.7. The fourth-order valence-electron chi connectivity index (χ4n) is 4.64. The molecule has 1 aromatic rings. The van der Waals surface area contributed by atoms with Crippen LogP contribution in [0.3, 0.4) is 0 Å². The van der Waals surface area contributed by atoms with Crippen molar-refractivity contribution in [1.82, 2.24) is 0 Å². The van der Waals surface area contributed by atoms with Gasteiger partial charge in [-0.05, 0) is 35.6 Å². The van der Waals surface area contributed by atoms with E-state index in [1.165, 1.54) is 13.2 Å². The number of ether oxygens (including phenoxy) is 1. The van der Waals surface area contributed by atoms with Gasteiger partial charge in [-0.1, -0.05) is 25.1 Å². The topological polar surface area (TPSA) is 87.0 Å². The number of hydrogen-bond acceptors (Lipinski definition) is 5. The molecule has 0 unspecified atom stereocenters. The summed E-state index contributed by atoms with van der Waals surface area (Å²) in [4.78, 5) is 12.7. The minimum Gasteiger partial charge on any atom is -0.496 e. The first-order valence-electron chi connectivity index (χ1n) is 8.59. The number of methoxy groups -OCH3 is 1. The number of aliphatic hydroxyl groups excluding tert-OH is 2. The van der Waals surface area contributed by atoms with Crippen molar-refractivity contribution >= 4 is 5.78 Å². The number of benzene rings is 1. The lowest BCUT2D eigenvalue weighted by atomic mass is 9.60. The van der Waals surface area contributed by atoms with Gasteiger partial charge in [-0.25, -0.2) is 0 Å². The van der Waals surface area contributed by atoms with E-state index in [0.29, 0.717) is 28.9 Å². The van der Waals surface area contributed by atoms with Gasteiger partial charge in [0.05, 0.1) is 19.1 Å². The zero-order chi connectivity index (χ0) is 17.9. The molecular weight excluding hydrogens is 320 g/mol. The zero-order valence-electron chi connectivity index (χ0n) is 14.3. The number of fused-ring (bicyclic) bond motifs is 3. The van der Waals surface area contributed by atoms with Crippen LogP contribution in [-0.2, 0) is 4.79 Å². The van der Waals surface area contributed by atoms with Gasteiger partial charge >= 0.3 is 0 Å². The lowest BCUT2D eigenvalue weighted by molar-refractivity contribution is -0.132. The van der Waals surface area contributed by atoms with Crippen LogP contribution in [0.25, 0.3) is 0 Å². The highest BCUT2D eigenvalue weighted by Gasteiger charge is 2.56. The van der Waals surface area contributed by atoms with Gasteiger partial charge in [-0.3, -0.25) is 4.79 Å². The summed E-state index contributed by atoms with van der Waals surface area (Å²) in [5.41, 5.74) is 0.451. The summed E-state index contributed by atoms with van der Waals surface area (Å²) >= 11 is 0. The highest BCUT2D eigenvalue weighted by Crippen LogP contribution is 2.56. The van der Waals surface area contributed by atoms with Crippen molar-refractivity contribution in [2.24, 2.45) is 11.8 Å². The van der Waals surface area contributed by atoms with Crippen LogP contribution in [-0.4, -0.2) is 33.8 Å². The third kappa shape index (κ3) is 2.16. The summed E-state index contributed by atoms with van der Waals surface area (Å²) in [6.45, 7) is 2.02. The lowest BCUT2D eigenvalue weighted by Crippen LogP contribution is -2.52. The zero-order valence-corrected chi connectivity index (χ0v) is 14.3. The highest BCUT2D eigenvalue weighted by atomic mass is 16.5. The molecular formula is C20H22O5. The predicted octanol–water partition coefficient (Wildman–Crippen LogP) is 1.99. The third-order valence-electron chi connectivity index (χ3n) is 5.77. The number of ketones is 1. The second-order valence-corrected chi connectivity index (χ2v) is 7.38. The van der Waals surface area contributed by atoms with Crippen LogP contribution in [0.4, 0.5) is 0 Å². The molecule has 5 nitrogen and oxygen atoms in total. The van der Waals surface area contributed by atoms with E-state index in [9.17, 15) is 20.1 Å².